The Hall–Kier alpha value is -0.900. The van der Waals surface area contributed by atoms with Crippen molar-refractivity contribution in [1.82, 2.24) is 5.32 Å². The number of nitrogens with two attached hydrogens (primary N) is 1. The molecule has 3 nitrogen and oxygen atoms in total. The van der Waals surface area contributed by atoms with Crippen molar-refractivity contribution in [3.63, 3.8) is 0 Å². The first-order valence-electron chi connectivity index (χ1n) is 8.33. The van der Waals surface area contributed by atoms with Gasteiger partial charge in [0.05, 0.1) is 6.61 Å². The molecule has 0 spiro atoms. The van der Waals surface area contributed by atoms with E-state index in [9.17, 15) is 0 Å². The number of rotatable bonds is 9. The zero-order chi connectivity index (χ0) is 14.7. The first-order valence-corrected chi connectivity index (χ1v) is 8.33. The molecule has 3 N–H and O–H groups in total. The van der Waals surface area contributed by atoms with Crippen molar-refractivity contribution < 1.29 is 4.74 Å². The molecule has 21 heavy (non-hydrogen) atoms. The van der Waals surface area contributed by atoms with Gasteiger partial charge in [0.25, 0.3) is 0 Å². The molecule has 1 aromatic carbocycles. The van der Waals surface area contributed by atoms with E-state index in [2.05, 4.69) is 29.6 Å². The Morgan fingerprint density at radius 1 is 1.19 bits per heavy atom. The Balaban J connectivity index is 1.64. The molecular formula is C18H28N2O. The van der Waals surface area contributed by atoms with Gasteiger partial charge in [-0.3, -0.25) is 0 Å². The van der Waals surface area contributed by atoms with Crippen molar-refractivity contribution in [3.05, 3.63) is 35.4 Å². The summed E-state index contributed by atoms with van der Waals surface area (Å²) in [4.78, 5) is 0. The van der Waals surface area contributed by atoms with E-state index in [0.717, 1.165) is 24.3 Å². The molecule has 1 atom stereocenters. The van der Waals surface area contributed by atoms with Crippen LogP contribution >= 0.6 is 0 Å². The maximum absolute atomic E-state index is 6.04. The molecule has 0 amide bonds. The van der Waals surface area contributed by atoms with Gasteiger partial charge in [0, 0.05) is 19.7 Å². The minimum atomic E-state index is 0.247. The fraction of sp³-hybridized carbons (Fsp3) is 0.667. The van der Waals surface area contributed by atoms with Crippen LogP contribution in [0.5, 0.6) is 0 Å². The third-order valence-electron chi connectivity index (χ3n) is 5.02. The van der Waals surface area contributed by atoms with Gasteiger partial charge in [-0.2, -0.15) is 0 Å². The van der Waals surface area contributed by atoms with Gasteiger partial charge in [0.2, 0.25) is 0 Å². The first kappa shape index (κ1) is 15.0. The number of nitrogens with one attached hydrogen (secondary N) is 1. The number of hydrogen-bond donors (Lipinski definition) is 2. The maximum atomic E-state index is 6.04. The summed E-state index contributed by atoms with van der Waals surface area (Å²) < 4.78 is 5.32. The molecule has 2 fully saturated rings. The highest BCUT2D eigenvalue weighted by Gasteiger charge is 2.41. The van der Waals surface area contributed by atoms with Crippen molar-refractivity contribution >= 4 is 0 Å². The molecule has 2 saturated carbocycles. The molecule has 0 bridgehead atoms. The van der Waals surface area contributed by atoms with Gasteiger partial charge < -0.3 is 15.8 Å². The molecular weight excluding hydrogens is 260 g/mol. The van der Waals surface area contributed by atoms with Gasteiger partial charge in [-0.05, 0) is 61.1 Å². The Bertz CT molecular complexity index is 442. The van der Waals surface area contributed by atoms with Crippen LogP contribution in [0.2, 0.25) is 0 Å². The van der Waals surface area contributed by atoms with Crippen molar-refractivity contribution in [1.29, 1.82) is 0 Å². The average molecular weight is 288 g/mol. The maximum Gasteiger partial charge on any atom is 0.0716 e. The van der Waals surface area contributed by atoms with Gasteiger partial charge in [0.1, 0.15) is 0 Å². The Morgan fingerprint density at radius 2 is 1.86 bits per heavy atom. The van der Waals surface area contributed by atoms with Crippen LogP contribution in [0, 0.1) is 17.8 Å². The van der Waals surface area contributed by atoms with Crippen LogP contribution in [0.15, 0.2) is 24.3 Å². The lowest BCUT2D eigenvalue weighted by molar-refractivity contribution is 0.183. The van der Waals surface area contributed by atoms with Crippen molar-refractivity contribution in [2.24, 2.45) is 23.5 Å². The molecule has 3 heteroatoms. The van der Waals surface area contributed by atoms with E-state index in [1.807, 2.05) is 0 Å². The van der Waals surface area contributed by atoms with E-state index >= 15 is 0 Å². The molecule has 0 radical (unpaired) electrons. The highest BCUT2D eigenvalue weighted by atomic mass is 16.5. The van der Waals surface area contributed by atoms with Crippen LogP contribution in [0.3, 0.4) is 0 Å². The van der Waals surface area contributed by atoms with Crippen molar-refractivity contribution in [2.75, 3.05) is 20.2 Å². The molecule has 0 aliphatic heterocycles. The van der Waals surface area contributed by atoms with Crippen LogP contribution < -0.4 is 11.1 Å². The summed E-state index contributed by atoms with van der Waals surface area (Å²) in [5.74, 6) is 2.85. The number of methoxy groups -OCH3 is 1. The number of benzene rings is 1. The van der Waals surface area contributed by atoms with Gasteiger partial charge in [-0.1, -0.05) is 24.3 Å². The Kier molecular flexibility index (Phi) is 4.94. The predicted octanol–water partition coefficient (Wildman–Crippen LogP) is 2.86. The summed E-state index contributed by atoms with van der Waals surface area (Å²) in [5.41, 5.74) is 8.58. The molecule has 2 aliphatic rings. The minimum absolute atomic E-state index is 0.247. The van der Waals surface area contributed by atoms with E-state index < -0.39 is 0 Å². The summed E-state index contributed by atoms with van der Waals surface area (Å²) in [6, 6.07) is 8.74. The lowest BCUT2D eigenvalue weighted by atomic mass is 9.95. The minimum Gasteiger partial charge on any atom is -0.380 e. The third-order valence-corrected chi connectivity index (χ3v) is 5.02. The standard InChI is InChI=1S/C18H28N2O/c1-21-12-15-4-2-3-5-16(15)18(10-19)20-11-17(13-6-7-13)14-8-9-14/h2-5,13-14,17-18,20H,6-12,19H2,1H3. The molecule has 3 rings (SSSR count). The van der Waals surface area contributed by atoms with Crippen LogP contribution in [-0.2, 0) is 11.3 Å². The molecule has 0 saturated heterocycles. The lowest BCUT2D eigenvalue weighted by Gasteiger charge is -2.24. The monoisotopic (exact) mass is 288 g/mol. The molecule has 0 aromatic heterocycles. The molecule has 1 unspecified atom stereocenters. The highest BCUT2D eigenvalue weighted by Crippen LogP contribution is 2.49. The second kappa shape index (κ2) is 6.91. The van der Waals surface area contributed by atoms with E-state index in [0.29, 0.717) is 13.2 Å². The average Bonchev–Trinajstić information content (AvgIpc) is 3.39. The van der Waals surface area contributed by atoms with Crippen LogP contribution in [0.4, 0.5) is 0 Å². The van der Waals surface area contributed by atoms with Gasteiger partial charge in [0.15, 0.2) is 0 Å². The Labute approximate surface area is 128 Å². The van der Waals surface area contributed by atoms with E-state index in [1.165, 1.54) is 36.8 Å². The van der Waals surface area contributed by atoms with Crippen molar-refractivity contribution in [3.8, 4) is 0 Å². The van der Waals surface area contributed by atoms with E-state index in [-0.39, 0.29) is 6.04 Å². The molecule has 1 aromatic rings. The SMILES string of the molecule is COCc1ccccc1C(CN)NCC(C1CC1)C1CC1. The Morgan fingerprint density at radius 3 is 2.43 bits per heavy atom. The second-order valence-electron chi connectivity index (χ2n) is 6.67. The van der Waals surface area contributed by atoms with Gasteiger partial charge in [-0.15, -0.1) is 0 Å². The molecule has 0 heterocycles. The smallest absolute Gasteiger partial charge is 0.0716 e. The zero-order valence-corrected chi connectivity index (χ0v) is 13.1. The second-order valence-corrected chi connectivity index (χ2v) is 6.67. The quantitative estimate of drug-likeness (QED) is 0.734. The van der Waals surface area contributed by atoms with Crippen LogP contribution in [0.1, 0.15) is 42.9 Å². The summed E-state index contributed by atoms with van der Waals surface area (Å²) in [5, 5.41) is 3.75. The summed E-state index contributed by atoms with van der Waals surface area (Å²) >= 11 is 0. The normalized spacial score (nSPS) is 20.0. The lowest BCUT2D eigenvalue weighted by Crippen LogP contribution is -2.34. The van der Waals surface area contributed by atoms with Crippen molar-refractivity contribution in [2.45, 2.75) is 38.3 Å². The fourth-order valence-corrected chi connectivity index (χ4v) is 3.53. The third kappa shape index (κ3) is 3.85. The largest absolute Gasteiger partial charge is 0.380 e. The summed E-state index contributed by atoms with van der Waals surface area (Å²) in [6.45, 7) is 2.42. The summed E-state index contributed by atoms with van der Waals surface area (Å²) in [6.07, 6.45) is 5.76. The zero-order valence-electron chi connectivity index (χ0n) is 13.1. The van der Waals surface area contributed by atoms with Gasteiger partial charge in [-0.25, -0.2) is 0 Å². The van der Waals surface area contributed by atoms with Gasteiger partial charge >= 0.3 is 0 Å². The number of hydrogen-bond acceptors (Lipinski definition) is 3. The predicted molar refractivity (Wildman–Crippen MR) is 85.9 cm³/mol. The van der Waals surface area contributed by atoms with Crippen LogP contribution in [-0.4, -0.2) is 20.2 Å². The van der Waals surface area contributed by atoms with Crippen LogP contribution in [0.25, 0.3) is 0 Å². The molecule has 116 valence electrons. The van der Waals surface area contributed by atoms with E-state index in [4.69, 9.17) is 10.5 Å². The summed E-state index contributed by atoms with van der Waals surface area (Å²) in [7, 11) is 1.75. The first-order chi connectivity index (χ1) is 10.3. The fourth-order valence-electron chi connectivity index (χ4n) is 3.53. The molecule has 2 aliphatic carbocycles. The highest BCUT2D eigenvalue weighted by molar-refractivity contribution is 5.30. The van der Waals surface area contributed by atoms with E-state index in [1.54, 1.807) is 7.11 Å². The number of ether oxygens (including phenoxy) is 1. The topological polar surface area (TPSA) is 47.3 Å².